The number of nitrogens with one attached hydrogen (secondary N) is 1. The van der Waals surface area contributed by atoms with E-state index in [-0.39, 0.29) is 42.5 Å². The molecule has 0 aliphatic heterocycles. The summed E-state index contributed by atoms with van der Waals surface area (Å²) in [6.45, 7) is 11.9. The zero-order chi connectivity index (χ0) is 18.5. The van der Waals surface area contributed by atoms with E-state index in [1.54, 1.807) is 11.3 Å². The monoisotopic (exact) mass is 352 g/mol. The van der Waals surface area contributed by atoms with E-state index in [4.69, 9.17) is 0 Å². The Balaban J connectivity index is 2.57. The van der Waals surface area contributed by atoms with Crippen molar-refractivity contribution in [2.45, 2.75) is 59.9 Å². The second kappa shape index (κ2) is 8.42. The van der Waals surface area contributed by atoms with Gasteiger partial charge in [0.25, 0.3) is 0 Å². The molecule has 0 saturated carbocycles. The Labute approximate surface area is 148 Å². The van der Waals surface area contributed by atoms with Crippen LogP contribution in [0.5, 0.6) is 0 Å². The lowest BCUT2D eigenvalue weighted by Crippen LogP contribution is -2.47. The van der Waals surface area contributed by atoms with Crippen molar-refractivity contribution in [2.75, 3.05) is 13.1 Å². The molecule has 1 heterocycles. The highest BCUT2D eigenvalue weighted by atomic mass is 32.1. The molecule has 0 radical (unpaired) electrons. The first-order chi connectivity index (χ1) is 11.0. The third kappa shape index (κ3) is 6.43. The Hall–Kier alpha value is -1.69. The second-order valence-electron chi connectivity index (χ2n) is 6.96. The first kappa shape index (κ1) is 20.4. The summed E-state index contributed by atoms with van der Waals surface area (Å²) in [5.41, 5.74) is 0.378. The van der Waals surface area contributed by atoms with Crippen molar-refractivity contribution in [1.82, 2.24) is 10.2 Å². The van der Waals surface area contributed by atoms with Gasteiger partial charge in [-0.15, -0.1) is 11.3 Å². The molecule has 0 atom stereocenters. The van der Waals surface area contributed by atoms with Crippen molar-refractivity contribution < 1.29 is 14.4 Å². The van der Waals surface area contributed by atoms with Gasteiger partial charge in [-0.25, -0.2) is 0 Å². The average Bonchev–Trinajstić information content (AvgIpc) is 2.78. The lowest BCUT2D eigenvalue weighted by atomic mass is 10.1. The van der Waals surface area contributed by atoms with E-state index in [1.807, 2.05) is 47.6 Å². The van der Waals surface area contributed by atoms with Crippen LogP contribution in [0.3, 0.4) is 0 Å². The summed E-state index contributed by atoms with van der Waals surface area (Å²) < 4.78 is 0. The number of Topliss-reactive ketones (excluding diaryl/α,β-unsaturated/α-hetero) is 1. The van der Waals surface area contributed by atoms with Gasteiger partial charge in [-0.1, -0.05) is 0 Å². The Morgan fingerprint density at radius 2 is 1.79 bits per heavy atom. The first-order valence-corrected chi connectivity index (χ1v) is 9.04. The van der Waals surface area contributed by atoms with Crippen molar-refractivity contribution in [2.24, 2.45) is 0 Å². The van der Waals surface area contributed by atoms with Crippen LogP contribution in [0.15, 0.2) is 6.07 Å². The highest BCUT2D eigenvalue weighted by Gasteiger charge is 2.20. The van der Waals surface area contributed by atoms with Gasteiger partial charge in [-0.2, -0.15) is 0 Å². The molecule has 0 saturated heterocycles. The highest BCUT2D eigenvalue weighted by Crippen LogP contribution is 2.22. The molecule has 0 spiro atoms. The van der Waals surface area contributed by atoms with Crippen LogP contribution in [0, 0.1) is 13.8 Å². The molecule has 0 fully saturated rings. The number of hydrogen-bond acceptors (Lipinski definition) is 4. The van der Waals surface area contributed by atoms with Crippen LogP contribution in [0.4, 0.5) is 0 Å². The van der Waals surface area contributed by atoms with E-state index in [1.165, 1.54) is 4.90 Å². The van der Waals surface area contributed by atoms with Crippen LogP contribution < -0.4 is 5.32 Å². The van der Waals surface area contributed by atoms with E-state index in [0.717, 1.165) is 9.75 Å². The first-order valence-electron chi connectivity index (χ1n) is 8.22. The van der Waals surface area contributed by atoms with Crippen LogP contribution in [0.1, 0.15) is 60.6 Å². The molecular formula is C18H28N2O3S. The smallest absolute Gasteiger partial charge is 0.240 e. The molecule has 1 rings (SSSR count). The largest absolute Gasteiger partial charge is 0.350 e. The minimum Gasteiger partial charge on any atom is -0.350 e. The van der Waals surface area contributed by atoms with E-state index < -0.39 is 0 Å². The standard InChI is InChI=1S/C18H28N2O3S/c1-7-20(11-16(22)19-18(4,5)6)17(23)9-8-15(21)14-10-12(2)24-13(14)3/h10H,7-9,11H2,1-6H3,(H,19,22). The van der Waals surface area contributed by atoms with Crippen molar-refractivity contribution in [1.29, 1.82) is 0 Å². The Morgan fingerprint density at radius 3 is 2.25 bits per heavy atom. The molecule has 0 aliphatic carbocycles. The topological polar surface area (TPSA) is 66.5 Å². The number of amides is 2. The van der Waals surface area contributed by atoms with E-state index in [9.17, 15) is 14.4 Å². The number of aryl methyl sites for hydroxylation is 2. The quantitative estimate of drug-likeness (QED) is 0.767. The molecule has 0 unspecified atom stereocenters. The van der Waals surface area contributed by atoms with Gasteiger partial charge in [0, 0.05) is 40.2 Å². The summed E-state index contributed by atoms with van der Waals surface area (Å²) in [5.74, 6) is -0.367. The van der Waals surface area contributed by atoms with Crippen LogP contribution in [-0.4, -0.2) is 41.1 Å². The number of hydrogen-bond donors (Lipinski definition) is 1. The Bertz CT molecular complexity index is 614. The number of ketones is 1. The van der Waals surface area contributed by atoms with E-state index in [2.05, 4.69) is 5.32 Å². The molecule has 24 heavy (non-hydrogen) atoms. The van der Waals surface area contributed by atoms with Crippen LogP contribution >= 0.6 is 11.3 Å². The molecular weight excluding hydrogens is 324 g/mol. The maximum absolute atomic E-state index is 12.3. The lowest BCUT2D eigenvalue weighted by molar-refractivity contribution is -0.136. The number of likely N-dealkylation sites (N-methyl/N-ethyl adjacent to an activating group) is 1. The summed E-state index contributed by atoms with van der Waals surface area (Å²) in [6, 6.07) is 1.88. The van der Waals surface area contributed by atoms with Gasteiger partial charge in [-0.05, 0) is 47.6 Å². The van der Waals surface area contributed by atoms with Gasteiger partial charge in [0.1, 0.15) is 0 Å². The van der Waals surface area contributed by atoms with Gasteiger partial charge >= 0.3 is 0 Å². The summed E-state index contributed by atoms with van der Waals surface area (Å²) >= 11 is 1.59. The normalized spacial score (nSPS) is 11.2. The number of carbonyl (C=O) groups excluding carboxylic acids is 3. The molecule has 1 aromatic heterocycles. The van der Waals surface area contributed by atoms with Crippen LogP contribution in [0.25, 0.3) is 0 Å². The minimum atomic E-state index is -0.330. The van der Waals surface area contributed by atoms with Crippen molar-refractivity contribution in [3.8, 4) is 0 Å². The fourth-order valence-electron chi connectivity index (χ4n) is 2.43. The zero-order valence-electron chi connectivity index (χ0n) is 15.5. The maximum Gasteiger partial charge on any atom is 0.240 e. The molecule has 5 nitrogen and oxygen atoms in total. The Morgan fingerprint density at radius 1 is 1.17 bits per heavy atom. The lowest BCUT2D eigenvalue weighted by Gasteiger charge is -2.25. The molecule has 2 amide bonds. The van der Waals surface area contributed by atoms with Gasteiger partial charge in [-0.3, -0.25) is 14.4 Å². The minimum absolute atomic E-state index is 0.0135. The molecule has 0 aliphatic rings. The summed E-state index contributed by atoms with van der Waals surface area (Å²) in [7, 11) is 0. The molecule has 134 valence electrons. The average molecular weight is 353 g/mol. The van der Waals surface area contributed by atoms with Crippen molar-refractivity contribution >= 4 is 28.9 Å². The van der Waals surface area contributed by atoms with Crippen molar-refractivity contribution in [3.05, 3.63) is 21.4 Å². The molecule has 1 aromatic rings. The maximum atomic E-state index is 12.3. The van der Waals surface area contributed by atoms with Gasteiger partial charge in [0.05, 0.1) is 6.54 Å². The predicted octanol–water partition coefficient (Wildman–Crippen LogP) is 3.09. The molecule has 0 bridgehead atoms. The molecule has 6 heteroatoms. The zero-order valence-corrected chi connectivity index (χ0v) is 16.3. The summed E-state index contributed by atoms with van der Waals surface area (Å²) in [6.07, 6.45) is 0.303. The number of carbonyl (C=O) groups is 3. The van der Waals surface area contributed by atoms with E-state index in [0.29, 0.717) is 12.1 Å². The fourth-order valence-corrected chi connectivity index (χ4v) is 3.37. The molecule has 1 N–H and O–H groups in total. The van der Waals surface area contributed by atoms with Gasteiger partial charge < -0.3 is 10.2 Å². The number of nitrogens with zero attached hydrogens (tertiary/aromatic N) is 1. The van der Waals surface area contributed by atoms with Gasteiger partial charge in [0.15, 0.2) is 5.78 Å². The fraction of sp³-hybridized carbons (Fsp3) is 0.611. The number of rotatable bonds is 7. The number of thiophene rings is 1. The molecule has 0 aromatic carbocycles. The van der Waals surface area contributed by atoms with Gasteiger partial charge in [0.2, 0.25) is 11.8 Å². The van der Waals surface area contributed by atoms with Crippen LogP contribution in [-0.2, 0) is 9.59 Å². The summed E-state index contributed by atoms with van der Waals surface area (Å²) in [5, 5.41) is 2.84. The van der Waals surface area contributed by atoms with Crippen LogP contribution in [0.2, 0.25) is 0 Å². The van der Waals surface area contributed by atoms with E-state index >= 15 is 0 Å². The summed E-state index contributed by atoms with van der Waals surface area (Å²) in [4.78, 5) is 40.1. The highest BCUT2D eigenvalue weighted by molar-refractivity contribution is 7.12. The Kier molecular flexibility index (Phi) is 7.14. The third-order valence-corrected chi connectivity index (χ3v) is 4.46. The van der Waals surface area contributed by atoms with Crippen molar-refractivity contribution in [3.63, 3.8) is 0 Å². The SMILES string of the molecule is CCN(CC(=O)NC(C)(C)C)C(=O)CCC(=O)c1cc(C)sc1C. The third-order valence-electron chi connectivity index (χ3n) is 3.49. The predicted molar refractivity (Wildman–Crippen MR) is 97.5 cm³/mol. The second-order valence-corrected chi connectivity index (χ2v) is 8.42.